The van der Waals surface area contributed by atoms with Crippen LogP contribution >= 0.6 is 0 Å². The van der Waals surface area contributed by atoms with Gasteiger partial charge in [-0.05, 0) is 80.0 Å². The second-order valence-electron chi connectivity index (χ2n) is 10.9. The molecule has 0 aromatic carbocycles. The predicted octanol–water partition coefficient (Wildman–Crippen LogP) is 5.08. The summed E-state index contributed by atoms with van der Waals surface area (Å²) in [6, 6.07) is 0.434. The first kappa shape index (κ1) is 19.5. The number of Topliss-reactive ketones (excluding diaryl/α,β-unsaturated/α-hetero) is 1. The first-order valence-corrected chi connectivity index (χ1v) is 11.5. The Kier molecular flexibility index (Phi) is 4.75. The number of fused-ring (bicyclic) bond motifs is 5. The van der Waals surface area contributed by atoms with Gasteiger partial charge in [0.05, 0.1) is 0 Å². The van der Waals surface area contributed by atoms with Gasteiger partial charge in [-0.1, -0.05) is 27.7 Å². The van der Waals surface area contributed by atoms with Gasteiger partial charge in [0.1, 0.15) is 5.78 Å². The second-order valence-corrected chi connectivity index (χ2v) is 10.9. The van der Waals surface area contributed by atoms with Crippen molar-refractivity contribution in [3.05, 3.63) is 0 Å². The number of hydrogen-bond donors (Lipinski definition) is 0. The first-order valence-electron chi connectivity index (χ1n) is 11.5. The van der Waals surface area contributed by atoms with E-state index < -0.39 is 0 Å². The maximum Gasteiger partial charge on any atom is 0.222 e. The predicted molar refractivity (Wildman–Crippen MR) is 108 cm³/mol. The standard InChI is InChI=1S/C24H39NO2/c1-6-15(2)22(27)19-9-8-17-16-7-10-20-24(4,14-12-21(26)25(20)5)18(16)11-13-23(17,19)3/h15-20H,6-14H2,1-5H3. The zero-order chi connectivity index (χ0) is 19.6. The first-order chi connectivity index (χ1) is 12.7. The molecule has 0 bridgehead atoms. The van der Waals surface area contributed by atoms with E-state index in [4.69, 9.17) is 0 Å². The summed E-state index contributed by atoms with van der Waals surface area (Å²) in [6.07, 6.45) is 10.0. The summed E-state index contributed by atoms with van der Waals surface area (Å²) in [5.74, 6) is 3.62. The summed E-state index contributed by atoms with van der Waals surface area (Å²) in [6.45, 7) is 9.22. The van der Waals surface area contributed by atoms with E-state index in [-0.39, 0.29) is 16.7 Å². The number of ketones is 1. The van der Waals surface area contributed by atoms with Crippen molar-refractivity contribution in [3.8, 4) is 0 Å². The van der Waals surface area contributed by atoms with Crippen LogP contribution in [0.1, 0.15) is 85.5 Å². The third-order valence-corrected chi connectivity index (χ3v) is 10.00. The molecule has 0 aromatic rings. The van der Waals surface area contributed by atoms with Crippen LogP contribution in [0, 0.1) is 40.4 Å². The third kappa shape index (κ3) is 2.66. The Bertz CT molecular complexity index is 630. The molecule has 1 heterocycles. The number of carbonyl (C=O) groups excluding carboxylic acids is 2. The molecule has 27 heavy (non-hydrogen) atoms. The zero-order valence-corrected chi connectivity index (χ0v) is 18.1. The topological polar surface area (TPSA) is 37.4 Å². The van der Waals surface area contributed by atoms with E-state index in [0.717, 1.165) is 49.9 Å². The quantitative estimate of drug-likeness (QED) is 0.692. The van der Waals surface area contributed by atoms with Crippen molar-refractivity contribution in [2.75, 3.05) is 7.05 Å². The van der Waals surface area contributed by atoms with E-state index in [1.807, 2.05) is 7.05 Å². The van der Waals surface area contributed by atoms with Crippen LogP contribution in [0.4, 0.5) is 0 Å². The summed E-state index contributed by atoms with van der Waals surface area (Å²) in [5, 5.41) is 0. The molecule has 0 spiro atoms. The molecule has 4 rings (SSSR count). The molecule has 3 heteroatoms. The van der Waals surface area contributed by atoms with Gasteiger partial charge in [0.15, 0.2) is 0 Å². The highest BCUT2D eigenvalue weighted by molar-refractivity contribution is 5.84. The number of amides is 1. The summed E-state index contributed by atoms with van der Waals surface area (Å²) >= 11 is 0. The van der Waals surface area contributed by atoms with Crippen molar-refractivity contribution in [1.29, 1.82) is 0 Å². The summed E-state index contributed by atoms with van der Waals surface area (Å²) in [5.41, 5.74) is 0.507. The number of piperidine rings is 1. The Morgan fingerprint density at radius 1 is 1.07 bits per heavy atom. The van der Waals surface area contributed by atoms with Gasteiger partial charge in [0, 0.05) is 31.3 Å². The van der Waals surface area contributed by atoms with Gasteiger partial charge in [0.25, 0.3) is 0 Å². The molecule has 0 radical (unpaired) electrons. The molecule has 0 N–H and O–H groups in total. The number of likely N-dealkylation sites (tertiary alicyclic amines) is 1. The van der Waals surface area contributed by atoms with Crippen LogP contribution in [-0.4, -0.2) is 29.7 Å². The molecule has 3 aliphatic carbocycles. The molecule has 8 unspecified atom stereocenters. The molecule has 3 nitrogen and oxygen atoms in total. The van der Waals surface area contributed by atoms with E-state index in [1.54, 1.807) is 0 Å². The van der Waals surface area contributed by atoms with Crippen molar-refractivity contribution in [2.45, 2.75) is 91.5 Å². The fourth-order valence-electron chi connectivity index (χ4n) is 8.16. The van der Waals surface area contributed by atoms with Gasteiger partial charge in [-0.2, -0.15) is 0 Å². The minimum absolute atomic E-state index is 0.217. The Labute approximate surface area is 165 Å². The maximum atomic E-state index is 13.1. The molecular weight excluding hydrogens is 334 g/mol. The second kappa shape index (κ2) is 6.59. The largest absolute Gasteiger partial charge is 0.342 e. The van der Waals surface area contributed by atoms with Crippen LogP contribution in [0.5, 0.6) is 0 Å². The van der Waals surface area contributed by atoms with Crippen LogP contribution in [-0.2, 0) is 9.59 Å². The lowest BCUT2D eigenvalue weighted by Crippen LogP contribution is -2.61. The normalized spacial score (nSPS) is 47.8. The van der Waals surface area contributed by atoms with E-state index >= 15 is 0 Å². The molecule has 8 atom stereocenters. The Balaban J connectivity index is 1.59. The SMILES string of the molecule is CCC(C)C(=O)C1CCC2C3CCC4N(C)C(=O)CCC4(C)C3CCC12C. The average Bonchev–Trinajstić information content (AvgIpc) is 3.01. The molecule has 1 aliphatic heterocycles. The highest BCUT2D eigenvalue weighted by atomic mass is 16.2. The van der Waals surface area contributed by atoms with E-state index in [1.165, 1.54) is 25.7 Å². The molecule has 3 saturated carbocycles. The monoisotopic (exact) mass is 373 g/mol. The molecule has 0 aromatic heterocycles. The molecule has 152 valence electrons. The summed E-state index contributed by atoms with van der Waals surface area (Å²) in [7, 11) is 2.04. The van der Waals surface area contributed by atoms with Crippen LogP contribution in [0.2, 0.25) is 0 Å². The van der Waals surface area contributed by atoms with Crippen LogP contribution in [0.3, 0.4) is 0 Å². The fraction of sp³-hybridized carbons (Fsp3) is 0.917. The minimum Gasteiger partial charge on any atom is -0.342 e. The third-order valence-electron chi connectivity index (χ3n) is 10.00. The van der Waals surface area contributed by atoms with Gasteiger partial charge >= 0.3 is 0 Å². The average molecular weight is 374 g/mol. The van der Waals surface area contributed by atoms with Crippen LogP contribution in [0.25, 0.3) is 0 Å². The van der Waals surface area contributed by atoms with Gasteiger partial charge in [-0.25, -0.2) is 0 Å². The summed E-state index contributed by atoms with van der Waals surface area (Å²) < 4.78 is 0. The Morgan fingerprint density at radius 3 is 2.48 bits per heavy atom. The number of nitrogens with zero attached hydrogens (tertiary/aromatic N) is 1. The van der Waals surface area contributed by atoms with Gasteiger partial charge in [0.2, 0.25) is 5.91 Å². The molecule has 4 fully saturated rings. The maximum absolute atomic E-state index is 13.1. The van der Waals surface area contributed by atoms with Crippen LogP contribution in [0.15, 0.2) is 0 Å². The highest BCUT2D eigenvalue weighted by Crippen LogP contribution is 2.66. The van der Waals surface area contributed by atoms with Crippen molar-refractivity contribution < 1.29 is 9.59 Å². The molecule has 4 aliphatic rings. The van der Waals surface area contributed by atoms with Crippen molar-refractivity contribution in [3.63, 3.8) is 0 Å². The van der Waals surface area contributed by atoms with Gasteiger partial charge < -0.3 is 4.90 Å². The highest BCUT2D eigenvalue weighted by Gasteiger charge is 2.62. The lowest BCUT2D eigenvalue weighted by atomic mass is 9.46. The van der Waals surface area contributed by atoms with Gasteiger partial charge in [-0.3, -0.25) is 9.59 Å². The lowest BCUT2D eigenvalue weighted by molar-refractivity contribution is -0.159. The molecule has 1 amide bonds. The zero-order valence-electron chi connectivity index (χ0n) is 18.1. The number of carbonyl (C=O) groups is 2. The van der Waals surface area contributed by atoms with Crippen molar-refractivity contribution in [2.24, 2.45) is 40.4 Å². The van der Waals surface area contributed by atoms with Crippen LogP contribution < -0.4 is 0 Å². The van der Waals surface area contributed by atoms with Gasteiger partial charge in [-0.15, -0.1) is 0 Å². The molecular formula is C24H39NO2. The molecule has 1 saturated heterocycles. The van der Waals surface area contributed by atoms with Crippen molar-refractivity contribution >= 4 is 11.7 Å². The van der Waals surface area contributed by atoms with E-state index in [2.05, 4.69) is 32.6 Å². The Morgan fingerprint density at radius 2 is 1.78 bits per heavy atom. The lowest BCUT2D eigenvalue weighted by Gasteiger charge is -2.61. The number of hydrogen-bond acceptors (Lipinski definition) is 2. The van der Waals surface area contributed by atoms with E-state index in [0.29, 0.717) is 23.7 Å². The summed E-state index contributed by atoms with van der Waals surface area (Å²) in [4.78, 5) is 27.5. The minimum atomic E-state index is 0.217. The van der Waals surface area contributed by atoms with Crippen molar-refractivity contribution in [1.82, 2.24) is 4.90 Å². The van der Waals surface area contributed by atoms with E-state index in [9.17, 15) is 9.59 Å². The fourth-order valence-corrected chi connectivity index (χ4v) is 8.16. The smallest absolute Gasteiger partial charge is 0.222 e. The number of rotatable bonds is 3. The Hall–Kier alpha value is -0.860.